The number of para-hydroxylation sites is 2. The molecule has 0 aliphatic carbocycles. The van der Waals surface area contributed by atoms with Gasteiger partial charge in [-0.15, -0.1) is 0 Å². The second kappa shape index (κ2) is 14.8. The van der Waals surface area contributed by atoms with Crippen molar-refractivity contribution in [2.75, 3.05) is 6.61 Å². The number of aliphatic imine (C=N–C) groups is 2. The van der Waals surface area contributed by atoms with Crippen molar-refractivity contribution in [1.29, 1.82) is 0 Å². The molecule has 0 radical (unpaired) electrons. The molecule has 0 aromatic heterocycles. The second-order valence-electron chi connectivity index (χ2n) is 8.80. The Morgan fingerprint density at radius 2 is 1.25 bits per heavy atom. The predicted molar refractivity (Wildman–Crippen MR) is 142 cm³/mol. The van der Waals surface area contributed by atoms with Gasteiger partial charge < -0.3 is 11.9 Å². The van der Waals surface area contributed by atoms with Crippen molar-refractivity contribution in [2.45, 2.75) is 67.1 Å². The zero-order valence-corrected chi connectivity index (χ0v) is 23.8. The first kappa shape index (κ1) is 30.7. The van der Waals surface area contributed by atoms with Crippen LogP contribution in [0.1, 0.15) is 42.0 Å². The van der Waals surface area contributed by atoms with Gasteiger partial charge in [0.2, 0.25) is 0 Å². The maximum atomic E-state index is 6.06. The fourth-order valence-electron chi connectivity index (χ4n) is 3.27. The molecule has 0 fully saturated rings. The fourth-order valence-corrected chi connectivity index (χ4v) is 4.02. The standard InChI is InChI=1S/C25H36N2OSi.CH3.ClH.Ni/c1-18-12-9-13-19(2)24(18)26-22(5)23(16-11-17-28-29(6,7)8)27-25-20(3)14-10-15-21(25)4;;;/h9-10,12-15H,11,16-17H2,1-8H3;1H3;1H;/q;-1;;+1/p-1. The average Bonchev–Trinajstić information content (AvgIpc) is 2.70. The molecule has 2 rings (SSSR count). The van der Waals surface area contributed by atoms with Crippen molar-refractivity contribution >= 4 is 41.3 Å². The van der Waals surface area contributed by atoms with Gasteiger partial charge in [-0.3, -0.25) is 9.98 Å². The summed E-state index contributed by atoms with van der Waals surface area (Å²) in [4.78, 5) is 10.1. The molecule has 0 aliphatic heterocycles. The molecule has 0 bridgehead atoms. The molecular weight excluding hydrogens is 479 g/mol. The molecular formula is C26H39ClN2NiOSi-. The molecule has 0 amide bonds. The number of nitrogens with zero attached hydrogens (tertiary/aromatic N) is 2. The van der Waals surface area contributed by atoms with Gasteiger partial charge in [0, 0.05) is 6.61 Å². The molecule has 0 unspecified atom stereocenters. The minimum absolute atomic E-state index is 0. The summed E-state index contributed by atoms with van der Waals surface area (Å²) in [7, 11) is 2.77. The number of halogens is 1. The van der Waals surface area contributed by atoms with E-state index in [2.05, 4.69) is 115 Å². The van der Waals surface area contributed by atoms with Crippen LogP contribution in [0.25, 0.3) is 0 Å². The van der Waals surface area contributed by atoms with Crippen molar-refractivity contribution < 1.29 is 19.0 Å². The summed E-state index contributed by atoms with van der Waals surface area (Å²) < 4.78 is 6.06. The van der Waals surface area contributed by atoms with Crippen LogP contribution in [0.5, 0.6) is 0 Å². The van der Waals surface area contributed by atoms with E-state index in [1.165, 1.54) is 22.3 Å². The van der Waals surface area contributed by atoms with Crippen LogP contribution in [-0.4, -0.2) is 26.3 Å². The van der Waals surface area contributed by atoms with E-state index in [1.54, 1.807) is 0 Å². The number of hydrogen-bond acceptors (Lipinski definition) is 3. The summed E-state index contributed by atoms with van der Waals surface area (Å²) in [5, 5.41) is 0. The molecule has 0 saturated heterocycles. The van der Waals surface area contributed by atoms with E-state index in [-0.39, 0.29) is 7.43 Å². The van der Waals surface area contributed by atoms with Crippen LogP contribution in [0, 0.1) is 35.1 Å². The summed E-state index contributed by atoms with van der Waals surface area (Å²) in [6.45, 7) is 18.0. The van der Waals surface area contributed by atoms with E-state index in [0.717, 1.165) is 42.2 Å². The molecule has 181 valence electrons. The van der Waals surface area contributed by atoms with Crippen LogP contribution < -0.4 is 0 Å². The van der Waals surface area contributed by atoms with Gasteiger partial charge in [-0.2, -0.15) is 0 Å². The number of hydrogen-bond donors (Lipinski definition) is 0. The zero-order chi connectivity index (χ0) is 23.6. The summed E-state index contributed by atoms with van der Waals surface area (Å²) in [6.07, 6.45) is 1.81. The van der Waals surface area contributed by atoms with Gasteiger partial charge in [0.05, 0.1) is 22.8 Å². The van der Waals surface area contributed by atoms with E-state index in [4.69, 9.17) is 14.4 Å². The molecule has 3 nitrogen and oxygen atoms in total. The van der Waals surface area contributed by atoms with Crippen LogP contribution in [-0.2, 0) is 19.0 Å². The zero-order valence-electron chi connectivity index (χ0n) is 21.1. The molecule has 0 saturated carbocycles. The number of aryl methyl sites for hydroxylation is 4. The third-order valence-corrected chi connectivity index (χ3v) is 5.99. The third-order valence-electron chi connectivity index (χ3n) is 4.92. The summed E-state index contributed by atoms with van der Waals surface area (Å²) in [6, 6.07) is 12.6. The summed E-state index contributed by atoms with van der Waals surface area (Å²) in [5.74, 6) is 0. The first-order chi connectivity index (χ1) is 14.6. The Bertz CT molecular complexity index is 880. The minimum atomic E-state index is -1.49. The Labute approximate surface area is 209 Å². The Morgan fingerprint density at radius 1 is 0.844 bits per heavy atom. The number of rotatable bonds is 8. The molecule has 0 N–H and O–H groups in total. The van der Waals surface area contributed by atoms with Crippen LogP contribution in [0.4, 0.5) is 11.4 Å². The molecule has 0 spiro atoms. The molecule has 32 heavy (non-hydrogen) atoms. The van der Waals surface area contributed by atoms with E-state index in [0.29, 0.717) is 0 Å². The Kier molecular flexibility index (Phi) is 14.2. The number of benzene rings is 2. The average molecular weight is 518 g/mol. The maximum absolute atomic E-state index is 6.06. The summed E-state index contributed by atoms with van der Waals surface area (Å²) in [5.41, 5.74) is 8.92. The Hall–Kier alpha value is -1.26. The van der Waals surface area contributed by atoms with Crippen LogP contribution in [0.2, 0.25) is 19.6 Å². The van der Waals surface area contributed by atoms with Crippen LogP contribution >= 0.6 is 10.2 Å². The van der Waals surface area contributed by atoms with Gasteiger partial charge >= 0.3 is 24.8 Å². The van der Waals surface area contributed by atoms with Gasteiger partial charge in [-0.25, -0.2) is 0 Å². The quantitative estimate of drug-likeness (QED) is 0.149. The Morgan fingerprint density at radius 3 is 1.66 bits per heavy atom. The molecule has 0 aliphatic rings. The van der Waals surface area contributed by atoms with Gasteiger partial charge in [0.15, 0.2) is 8.32 Å². The molecule has 2 aromatic carbocycles. The van der Waals surface area contributed by atoms with Crippen LogP contribution in [0.3, 0.4) is 0 Å². The Balaban J connectivity index is 0.00000311. The van der Waals surface area contributed by atoms with Crippen molar-refractivity contribution in [3.8, 4) is 0 Å². The second-order valence-corrected chi connectivity index (χ2v) is 13.3. The van der Waals surface area contributed by atoms with Gasteiger partial charge in [0.25, 0.3) is 0 Å². The van der Waals surface area contributed by atoms with E-state index in [9.17, 15) is 0 Å². The monoisotopic (exact) mass is 516 g/mol. The fraction of sp³-hybridized carbons (Fsp3) is 0.423. The van der Waals surface area contributed by atoms with E-state index in [1.807, 2.05) is 0 Å². The van der Waals surface area contributed by atoms with Crippen molar-refractivity contribution in [1.82, 2.24) is 0 Å². The SMILES string of the molecule is CC(=Nc1c(C)cccc1C)C(CCCO[Si](C)(C)C)=Nc1c(C)cccc1C.[CH3-].[Cl][Ni]. The van der Waals surface area contributed by atoms with Gasteiger partial charge in [-0.05, 0) is 89.4 Å². The van der Waals surface area contributed by atoms with Gasteiger partial charge in [-0.1, -0.05) is 36.4 Å². The normalized spacial score (nSPS) is 12.1. The first-order valence-corrected chi connectivity index (χ1v) is 15.4. The molecule has 0 heterocycles. The molecule has 2 aromatic rings. The van der Waals surface area contributed by atoms with E-state index < -0.39 is 8.32 Å². The van der Waals surface area contributed by atoms with Crippen molar-refractivity contribution in [2.24, 2.45) is 9.98 Å². The van der Waals surface area contributed by atoms with Crippen molar-refractivity contribution in [3.63, 3.8) is 0 Å². The van der Waals surface area contributed by atoms with Crippen LogP contribution in [0.15, 0.2) is 46.4 Å². The first-order valence-electron chi connectivity index (χ1n) is 10.6. The predicted octanol–water partition coefficient (Wildman–Crippen LogP) is 8.55. The molecule has 6 heteroatoms. The summed E-state index contributed by atoms with van der Waals surface area (Å²) >= 11 is 3.35. The molecule has 0 atom stereocenters. The van der Waals surface area contributed by atoms with Crippen molar-refractivity contribution in [3.05, 3.63) is 66.1 Å². The van der Waals surface area contributed by atoms with Gasteiger partial charge in [0.1, 0.15) is 0 Å². The third kappa shape index (κ3) is 10.1. The topological polar surface area (TPSA) is 34.0 Å². The van der Waals surface area contributed by atoms with E-state index >= 15 is 0 Å².